The minimum atomic E-state index is -0.212. The number of hydrogen-bond acceptors (Lipinski definition) is 6. The number of hydrogen-bond donors (Lipinski definition) is 1. The van der Waals surface area contributed by atoms with E-state index < -0.39 is 0 Å². The van der Waals surface area contributed by atoms with E-state index >= 15 is 0 Å². The van der Waals surface area contributed by atoms with Crippen molar-refractivity contribution in [2.24, 2.45) is 7.05 Å². The smallest absolute Gasteiger partial charge is 0.274 e. The maximum atomic E-state index is 13.0. The van der Waals surface area contributed by atoms with Crippen LogP contribution in [0, 0.1) is 6.92 Å². The van der Waals surface area contributed by atoms with E-state index in [1.807, 2.05) is 25.1 Å². The van der Waals surface area contributed by atoms with Gasteiger partial charge >= 0.3 is 0 Å². The molecule has 136 valence electrons. The third-order valence-corrected chi connectivity index (χ3v) is 4.63. The summed E-state index contributed by atoms with van der Waals surface area (Å²) in [6, 6.07) is 1.55. The lowest BCUT2D eigenvalue weighted by molar-refractivity contribution is 0.0664. The molecule has 1 aliphatic heterocycles. The Labute approximate surface area is 150 Å². The van der Waals surface area contributed by atoms with Crippen LogP contribution in [0.15, 0.2) is 23.0 Å². The molecule has 0 aromatic carbocycles. The van der Waals surface area contributed by atoms with Crippen molar-refractivity contribution in [2.75, 3.05) is 6.54 Å². The lowest BCUT2D eigenvalue weighted by atomic mass is 10.1. The summed E-state index contributed by atoms with van der Waals surface area (Å²) in [5.74, 6) is 0.848. The molecule has 0 radical (unpaired) electrons. The van der Waals surface area contributed by atoms with E-state index in [0.29, 0.717) is 24.0 Å². The zero-order valence-corrected chi connectivity index (χ0v) is 14.8. The predicted octanol–water partition coefficient (Wildman–Crippen LogP) is 2.26. The largest absolute Gasteiger partial charge is 0.334 e. The summed E-state index contributed by atoms with van der Waals surface area (Å²) >= 11 is 0. The first kappa shape index (κ1) is 16.5. The minimum absolute atomic E-state index is 0.103. The second-order valence-corrected chi connectivity index (χ2v) is 6.66. The summed E-state index contributed by atoms with van der Waals surface area (Å²) < 4.78 is 7.10. The standard InChI is InChI=1S/C17H21N7O2/c1-11-8-13(21-20-11)17(25)24-7-5-3-4-6-14(24)15-19-16(26-22-15)12-9-18-23(2)10-12/h8-10,14H,3-7H2,1-2H3,(H,20,21)/t14-/m1/s1. The molecule has 1 aliphatic rings. The van der Waals surface area contributed by atoms with Crippen LogP contribution in [0.3, 0.4) is 0 Å². The summed E-state index contributed by atoms with van der Waals surface area (Å²) in [5.41, 5.74) is 2.05. The second kappa shape index (κ2) is 6.74. The Hall–Kier alpha value is -2.97. The molecule has 0 spiro atoms. The van der Waals surface area contributed by atoms with Crippen molar-refractivity contribution in [3.63, 3.8) is 0 Å². The quantitative estimate of drug-likeness (QED) is 0.772. The molecule has 1 atom stereocenters. The number of aromatic amines is 1. The van der Waals surface area contributed by atoms with E-state index in [-0.39, 0.29) is 11.9 Å². The summed E-state index contributed by atoms with van der Waals surface area (Å²) in [4.78, 5) is 19.3. The number of amides is 1. The maximum Gasteiger partial charge on any atom is 0.274 e. The highest BCUT2D eigenvalue weighted by atomic mass is 16.5. The van der Waals surface area contributed by atoms with Crippen LogP contribution < -0.4 is 0 Å². The molecule has 1 saturated heterocycles. The fourth-order valence-electron chi connectivity index (χ4n) is 3.31. The SMILES string of the molecule is Cc1cc(C(=O)N2CCCCC[C@@H]2c2noc(-c3cnn(C)c3)n2)n[nH]1. The summed E-state index contributed by atoms with van der Waals surface area (Å²) in [6.45, 7) is 2.54. The lowest BCUT2D eigenvalue weighted by Gasteiger charge is -2.27. The Morgan fingerprint density at radius 3 is 2.96 bits per heavy atom. The number of nitrogens with zero attached hydrogens (tertiary/aromatic N) is 6. The predicted molar refractivity (Wildman–Crippen MR) is 92.1 cm³/mol. The maximum absolute atomic E-state index is 13.0. The number of carbonyl (C=O) groups excluding carboxylic acids is 1. The van der Waals surface area contributed by atoms with E-state index in [2.05, 4.69) is 25.4 Å². The van der Waals surface area contributed by atoms with Crippen molar-refractivity contribution in [2.45, 2.75) is 38.6 Å². The fraction of sp³-hybridized carbons (Fsp3) is 0.471. The van der Waals surface area contributed by atoms with Crippen molar-refractivity contribution >= 4 is 5.91 Å². The Morgan fingerprint density at radius 2 is 2.23 bits per heavy atom. The van der Waals surface area contributed by atoms with E-state index in [1.165, 1.54) is 0 Å². The highest BCUT2D eigenvalue weighted by Crippen LogP contribution is 2.31. The summed E-state index contributed by atoms with van der Waals surface area (Å²) in [6.07, 6.45) is 7.36. The number of aromatic nitrogens is 6. The van der Waals surface area contributed by atoms with Gasteiger partial charge in [-0.05, 0) is 25.8 Å². The highest BCUT2D eigenvalue weighted by molar-refractivity contribution is 5.92. The Bertz CT molecular complexity index is 910. The molecule has 1 amide bonds. The van der Waals surface area contributed by atoms with Gasteiger partial charge in [-0.25, -0.2) is 0 Å². The van der Waals surface area contributed by atoms with Crippen molar-refractivity contribution < 1.29 is 9.32 Å². The van der Waals surface area contributed by atoms with E-state index in [9.17, 15) is 4.79 Å². The summed E-state index contributed by atoms with van der Waals surface area (Å²) in [7, 11) is 1.83. The average molecular weight is 355 g/mol. The Morgan fingerprint density at radius 1 is 1.35 bits per heavy atom. The Balaban J connectivity index is 1.63. The zero-order valence-electron chi connectivity index (χ0n) is 14.8. The molecule has 3 aromatic rings. The molecule has 3 aromatic heterocycles. The first-order valence-electron chi connectivity index (χ1n) is 8.77. The molecule has 0 bridgehead atoms. The van der Waals surface area contributed by atoms with Crippen LogP contribution in [-0.4, -0.2) is 47.5 Å². The zero-order chi connectivity index (χ0) is 18.1. The van der Waals surface area contributed by atoms with Gasteiger partial charge in [-0.1, -0.05) is 18.0 Å². The topological polar surface area (TPSA) is 106 Å². The normalized spacial score (nSPS) is 18.1. The molecular weight excluding hydrogens is 334 g/mol. The van der Waals surface area contributed by atoms with Gasteiger partial charge in [0.05, 0.1) is 17.8 Å². The van der Waals surface area contributed by atoms with Crippen LogP contribution in [-0.2, 0) is 7.05 Å². The van der Waals surface area contributed by atoms with Gasteiger partial charge in [0.25, 0.3) is 11.8 Å². The third-order valence-electron chi connectivity index (χ3n) is 4.63. The van der Waals surface area contributed by atoms with Gasteiger partial charge in [-0.2, -0.15) is 15.2 Å². The van der Waals surface area contributed by atoms with Crippen molar-refractivity contribution in [3.8, 4) is 11.5 Å². The number of rotatable bonds is 3. The average Bonchev–Trinajstić information content (AvgIpc) is 3.33. The van der Waals surface area contributed by atoms with Gasteiger partial charge in [-0.3, -0.25) is 14.6 Å². The Kier molecular flexibility index (Phi) is 4.27. The van der Waals surface area contributed by atoms with Crippen molar-refractivity contribution in [1.82, 2.24) is 35.0 Å². The van der Waals surface area contributed by atoms with Crippen LogP contribution in [0.5, 0.6) is 0 Å². The lowest BCUT2D eigenvalue weighted by Crippen LogP contribution is -2.35. The molecule has 4 heterocycles. The second-order valence-electron chi connectivity index (χ2n) is 6.66. The molecule has 26 heavy (non-hydrogen) atoms. The molecule has 0 aliphatic carbocycles. The number of nitrogens with one attached hydrogen (secondary N) is 1. The van der Waals surface area contributed by atoms with E-state index in [4.69, 9.17) is 4.52 Å². The van der Waals surface area contributed by atoms with Gasteiger partial charge in [0.15, 0.2) is 5.82 Å². The molecule has 0 unspecified atom stereocenters. The molecule has 0 saturated carbocycles. The third kappa shape index (κ3) is 3.12. The van der Waals surface area contributed by atoms with Crippen LogP contribution in [0.25, 0.3) is 11.5 Å². The van der Waals surface area contributed by atoms with Gasteiger partial charge in [0, 0.05) is 25.5 Å². The monoisotopic (exact) mass is 355 g/mol. The first-order valence-corrected chi connectivity index (χ1v) is 8.77. The number of aryl methyl sites for hydroxylation is 2. The van der Waals surface area contributed by atoms with Gasteiger partial charge < -0.3 is 9.42 Å². The molecule has 1 fully saturated rings. The molecular formula is C17H21N7O2. The molecule has 4 rings (SSSR count). The molecule has 1 N–H and O–H groups in total. The van der Waals surface area contributed by atoms with Gasteiger partial charge in [0.2, 0.25) is 0 Å². The van der Waals surface area contributed by atoms with Crippen LogP contribution >= 0.6 is 0 Å². The fourth-order valence-corrected chi connectivity index (χ4v) is 3.31. The first-order chi connectivity index (χ1) is 12.6. The van der Waals surface area contributed by atoms with Crippen molar-refractivity contribution in [1.29, 1.82) is 0 Å². The van der Waals surface area contributed by atoms with Crippen LogP contribution in [0.4, 0.5) is 0 Å². The number of H-pyrrole nitrogens is 1. The molecule has 9 heteroatoms. The molecule has 9 nitrogen and oxygen atoms in total. The highest BCUT2D eigenvalue weighted by Gasteiger charge is 2.32. The van der Waals surface area contributed by atoms with Gasteiger partial charge in [0.1, 0.15) is 5.69 Å². The summed E-state index contributed by atoms with van der Waals surface area (Å²) in [5, 5.41) is 15.2. The van der Waals surface area contributed by atoms with Gasteiger partial charge in [-0.15, -0.1) is 0 Å². The minimum Gasteiger partial charge on any atom is -0.334 e. The van der Waals surface area contributed by atoms with Crippen LogP contribution in [0.1, 0.15) is 53.7 Å². The van der Waals surface area contributed by atoms with Crippen molar-refractivity contribution in [3.05, 3.63) is 35.7 Å². The van der Waals surface area contributed by atoms with E-state index in [1.54, 1.807) is 16.9 Å². The number of carbonyl (C=O) groups is 1. The number of likely N-dealkylation sites (tertiary alicyclic amines) is 1. The van der Waals surface area contributed by atoms with Crippen LogP contribution in [0.2, 0.25) is 0 Å². The van der Waals surface area contributed by atoms with E-state index in [0.717, 1.165) is 36.9 Å².